The largest absolute Gasteiger partial charge is 0.497 e. The molecule has 9 heteroatoms. The van der Waals surface area contributed by atoms with Crippen LogP contribution in [0.5, 0.6) is 5.75 Å². The highest BCUT2D eigenvalue weighted by Crippen LogP contribution is 2.31. The highest BCUT2D eigenvalue weighted by Gasteiger charge is 2.32. The third-order valence-corrected chi connectivity index (χ3v) is 8.13. The van der Waals surface area contributed by atoms with Crippen molar-refractivity contribution in [1.82, 2.24) is 9.13 Å². The number of nitrogens with zero attached hydrogens (tertiary/aromatic N) is 3. The fraction of sp³-hybridized carbons (Fsp3) is 0.0938. The summed E-state index contributed by atoms with van der Waals surface area (Å²) < 4.78 is 9.46. The number of allylic oxidation sites excluding steroid dienone is 1. The molecule has 2 aromatic heterocycles. The fourth-order valence-corrected chi connectivity index (χ4v) is 6.07. The molecule has 7 nitrogen and oxygen atoms in total. The number of anilines is 1. The van der Waals surface area contributed by atoms with Gasteiger partial charge in [-0.2, -0.15) is 0 Å². The second-order valence-electron chi connectivity index (χ2n) is 9.45. The zero-order chi connectivity index (χ0) is 28.5. The molecule has 1 amide bonds. The van der Waals surface area contributed by atoms with Crippen LogP contribution in [-0.2, 0) is 4.79 Å². The summed E-state index contributed by atoms with van der Waals surface area (Å²) in [6, 6.07) is 27.3. The van der Waals surface area contributed by atoms with Gasteiger partial charge in [0.25, 0.3) is 11.5 Å². The predicted octanol–water partition coefficient (Wildman–Crippen LogP) is 5.33. The standard InChI is InChI=1S/C32H25ClN4O3S/c1-20-28(30(38)35-23-7-4-3-5-8-23)29(21-10-16-26(40-2)17-11-21)37-31(39)27(41-32(37)34-20)19-25-9-6-18-36(25)24-14-12-22(33)13-15-24/h3-19,29H,1-2H3,(H,35,38)/b27-19-. The number of para-hydroxylation sites is 1. The topological polar surface area (TPSA) is 77.6 Å². The van der Waals surface area contributed by atoms with Gasteiger partial charge in [-0.1, -0.05) is 53.3 Å². The molecule has 0 radical (unpaired) electrons. The Balaban J connectivity index is 1.49. The van der Waals surface area contributed by atoms with Gasteiger partial charge in [-0.15, -0.1) is 0 Å². The lowest BCUT2D eigenvalue weighted by Crippen LogP contribution is -2.40. The van der Waals surface area contributed by atoms with Crippen molar-refractivity contribution in [3.63, 3.8) is 0 Å². The number of methoxy groups -OCH3 is 1. The van der Waals surface area contributed by atoms with E-state index >= 15 is 0 Å². The van der Waals surface area contributed by atoms with Gasteiger partial charge in [-0.3, -0.25) is 14.2 Å². The molecule has 1 atom stereocenters. The highest BCUT2D eigenvalue weighted by atomic mass is 35.5. The quantitative estimate of drug-likeness (QED) is 0.295. The Morgan fingerprint density at radius 3 is 2.44 bits per heavy atom. The second kappa shape index (κ2) is 11.1. The van der Waals surface area contributed by atoms with Crippen LogP contribution in [0.3, 0.4) is 0 Å². The minimum absolute atomic E-state index is 0.226. The molecule has 1 N–H and O–H groups in total. The first kappa shape index (κ1) is 26.6. The molecule has 0 bridgehead atoms. The van der Waals surface area contributed by atoms with Crippen molar-refractivity contribution in [3.05, 3.63) is 144 Å². The summed E-state index contributed by atoms with van der Waals surface area (Å²) in [5, 5.41) is 3.62. The smallest absolute Gasteiger partial charge is 0.271 e. The molecule has 1 aliphatic rings. The first-order valence-corrected chi connectivity index (χ1v) is 14.1. The monoisotopic (exact) mass is 580 g/mol. The third kappa shape index (κ3) is 5.15. The van der Waals surface area contributed by atoms with Gasteiger partial charge in [-0.05, 0) is 79.2 Å². The van der Waals surface area contributed by atoms with E-state index in [0.717, 1.165) is 16.9 Å². The van der Waals surface area contributed by atoms with Crippen LogP contribution >= 0.6 is 22.9 Å². The summed E-state index contributed by atoms with van der Waals surface area (Å²) in [7, 11) is 1.60. The van der Waals surface area contributed by atoms with Crippen LogP contribution in [0.4, 0.5) is 5.69 Å². The van der Waals surface area contributed by atoms with Crippen molar-refractivity contribution in [2.45, 2.75) is 13.0 Å². The van der Waals surface area contributed by atoms with Crippen LogP contribution in [0.1, 0.15) is 24.2 Å². The van der Waals surface area contributed by atoms with Crippen molar-refractivity contribution in [2.75, 3.05) is 12.4 Å². The number of ether oxygens (including phenoxy) is 1. The Hall–Kier alpha value is -4.66. The molecular weight excluding hydrogens is 556 g/mol. The molecule has 41 heavy (non-hydrogen) atoms. The number of amides is 1. The van der Waals surface area contributed by atoms with Crippen LogP contribution in [0.2, 0.25) is 5.02 Å². The number of halogens is 1. The van der Waals surface area contributed by atoms with Gasteiger partial charge in [0.1, 0.15) is 5.75 Å². The first-order chi connectivity index (χ1) is 19.9. The fourth-order valence-electron chi connectivity index (χ4n) is 4.92. The normalized spacial score (nSPS) is 14.9. The van der Waals surface area contributed by atoms with E-state index in [1.807, 2.05) is 108 Å². The number of carbonyl (C=O) groups excluding carboxylic acids is 1. The van der Waals surface area contributed by atoms with Gasteiger partial charge < -0.3 is 14.6 Å². The Labute approximate surface area is 245 Å². The molecule has 6 rings (SSSR count). The van der Waals surface area contributed by atoms with Gasteiger partial charge in [0, 0.05) is 28.3 Å². The summed E-state index contributed by atoms with van der Waals surface area (Å²) in [6.07, 6.45) is 3.79. The molecule has 0 fully saturated rings. The Morgan fingerprint density at radius 1 is 1.00 bits per heavy atom. The van der Waals surface area contributed by atoms with Gasteiger partial charge in [-0.25, -0.2) is 4.99 Å². The average molecular weight is 581 g/mol. The zero-order valence-corrected chi connectivity index (χ0v) is 23.8. The number of aromatic nitrogens is 2. The van der Waals surface area contributed by atoms with E-state index in [1.54, 1.807) is 18.6 Å². The molecule has 5 aromatic rings. The molecule has 3 aromatic carbocycles. The molecule has 0 spiro atoms. The molecule has 0 aliphatic carbocycles. The van der Waals surface area contributed by atoms with Crippen LogP contribution in [0.25, 0.3) is 11.8 Å². The number of benzene rings is 3. The number of thiazole rings is 1. The van der Waals surface area contributed by atoms with Crippen molar-refractivity contribution in [1.29, 1.82) is 0 Å². The number of rotatable bonds is 6. The summed E-state index contributed by atoms with van der Waals surface area (Å²) in [5.41, 5.74) is 3.92. The molecule has 1 unspecified atom stereocenters. The lowest BCUT2D eigenvalue weighted by atomic mass is 9.95. The second-order valence-corrected chi connectivity index (χ2v) is 10.9. The number of nitrogens with one attached hydrogen (secondary N) is 1. The van der Waals surface area contributed by atoms with E-state index < -0.39 is 6.04 Å². The van der Waals surface area contributed by atoms with Gasteiger partial charge >= 0.3 is 0 Å². The van der Waals surface area contributed by atoms with Crippen LogP contribution in [-0.4, -0.2) is 22.2 Å². The third-order valence-electron chi connectivity index (χ3n) is 6.89. The zero-order valence-electron chi connectivity index (χ0n) is 22.2. The lowest BCUT2D eigenvalue weighted by molar-refractivity contribution is -0.113. The Morgan fingerprint density at radius 2 is 1.73 bits per heavy atom. The van der Waals surface area contributed by atoms with Crippen LogP contribution in [0.15, 0.2) is 118 Å². The minimum atomic E-state index is -0.675. The molecule has 204 valence electrons. The molecule has 3 heterocycles. The lowest BCUT2D eigenvalue weighted by Gasteiger charge is -2.25. The summed E-state index contributed by atoms with van der Waals surface area (Å²) in [5.74, 6) is 0.365. The van der Waals surface area contributed by atoms with Gasteiger partial charge in [0.2, 0.25) is 0 Å². The highest BCUT2D eigenvalue weighted by molar-refractivity contribution is 7.07. The van der Waals surface area contributed by atoms with E-state index in [2.05, 4.69) is 5.32 Å². The summed E-state index contributed by atoms with van der Waals surface area (Å²) >= 11 is 7.38. The van der Waals surface area contributed by atoms with Crippen molar-refractivity contribution < 1.29 is 9.53 Å². The maximum absolute atomic E-state index is 14.0. The van der Waals surface area contributed by atoms with Crippen LogP contribution in [0, 0.1) is 0 Å². The van der Waals surface area contributed by atoms with E-state index in [4.69, 9.17) is 21.3 Å². The van der Waals surface area contributed by atoms with E-state index in [-0.39, 0.29) is 11.5 Å². The molecule has 0 saturated heterocycles. The summed E-state index contributed by atoms with van der Waals surface area (Å²) in [4.78, 5) is 33.0. The van der Waals surface area contributed by atoms with E-state index in [0.29, 0.717) is 37.1 Å². The Bertz CT molecular complexity index is 1950. The molecule has 0 saturated carbocycles. The van der Waals surface area contributed by atoms with Crippen LogP contribution < -0.4 is 24.9 Å². The number of carbonyl (C=O) groups is 1. The SMILES string of the molecule is COc1ccc(C2C(C(=O)Nc3ccccc3)=C(C)N=c3s/c(=C\c4cccn4-c4ccc(Cl)cc4)c(=O)n32)cc1. The van der Waals surface area contributed by atoms with Gasteiger partial charge in [0.05, 0.1) is 29.0 Å². The number of hydrogen-bond acceptors (Lipinski definition) is 5. The number of hydrogen-bond donors (Lipinski definition) is 1. The average Bonchev–Trinajstić information content (AvgIpc) is 3.57. The summed E-state index contributed by atoms with van der Waals surface area (Å²) in [6.45, 7) is 1.80. The molecular formula is C32H25ClN4O3S. The van der Waals surface area contributed by atoms with Crippen molar-refractivity contribution in [2.24, 2.45) is 4.99 Å². The van der Waals surface area contributed by atoms with Crippen molar-refractivity contribution in [3.8, 4) is 11.4 Å². The minimum Gasteiger partial charge on any atom is -0.497 e. The van der Waals surface area contributed by atoms with Crippen molar-refractivity contribution >= 4 is 40.6 Å². The van der Waals surface area contributed by atoms with E-state index in [9.17, 15) is 9.59 Å². The molecule has 1 aliphatic heterocycles. The Kier molecular flexibility index (Phi) is 7.17. The number of fused-ring (bicyclic) bond motifs is 1. The first-order valence-electron chi connectivity index (χ1n) is 12.9. The maximum atomic E-state index is 14.0. The van der Waals surface area contributed by atoms with E-state index in [1.165, 1.54) is 11.3 Å². The van der Waals surface area contributed by atoms with Gasteiger partial charge in [0.15, 0.2) is 4.80 Å². The predicted molar refractivity (Wildman–Crippen MR) is 163 cm³/mol. The maximum Gasteiger partial charge on any atom is 0.271 e.